The third-order valence-corrected chi connectivity index (χ3v) is 6.83. The van der Waals surface area contributed by atoms with Crippen molar-refractivity contribution >= 4 is 5.78 Å². The first kappa shape index (κ1) is 30.5. The number of methoxy groups -OCH3 is 3. The van der Waals surface area contributed by atoms with Crippen LogP contribution in [0.3, 0.4) is 0 Å². The van der Waals surface area contributed by atoms with Gasteiger partial charge >= 0.3 is 0 Å². The minimum atomic E-state index is -0.477. The Morgan fingerprint density at radius 3 is 2.19 bits per heavy atom. The number of hydrogen-bond acceptors (Lipinski definition) is 8. The molecule has 0 aliphatic carbocycles. The van der Waals surface area contributed by atoms with Crippen LogP contribution in [0.4, 0.5) is 0 Å². The fraction of sp³-hybridized carbons (Fsp3) is 0.621. The van der Waals surface area contributed by atoms with Crippen LogP contribution in [0.5, 0.6) is 17.2 Å². The number of benzene rings is 1. The van der Waals surface area contributed by atoms with Crippen LogP contribution in [0.15, 0.2) is 18.3 Å². The number of morpholine rings is 1. The highest BCUT2D eigenvalue weighted by Crippen LogP contribution is 2.41. The van der Waals surface area contributed by atoms with E-state index in [4.69, 9.17) is 23.9 Å². The highest BCUT2D eigenvalue weighted by atomic mass is 16.5. The first-order valence-electron chi connectivity index (χ1n) is 13.2. The van der Waals surface area contributed by atoms with E-state index in [0.717, 1.165) is 56.2 Å². The van der Waals surface area contributed by atoms with E-state index >= 15 is 0 Å². The zero-order valence-corrected chi connectivity index (χ0v) is 24.1. The highest BCUT2D eigenvalue weighted by molar-refractivity contribution is 5.90. The molecule has 1 fully saturated rings. The molecule has 8 nitrogen and oxygen atoms in total. The molecule has 2 heterocycles. The topological polar surface area (TPSA) is 83.0 Å². The Bertz CT molecular complexity index is 994. The molecular formula is C29H45N3O5. The molecule has 1 aromatic carbocycles. The van der Waals surface area contributed by atoms with Crippen molar-refractivity contribution in [1.82, 2.24) is 14.9 Å². The van der Waals surface area contributed by atoms with Gasteiger partial charge in [0.25, 0.3) is 0 Å². The summed E-state index contributed by atoms with van der Waals surface area (Å²) in [6.45, 7) is 16.3. The largest absolute Gasteiger partial charge is 0.493 e. The molecule has 206 valence electrons. The van der Waals surface area contributed by atoms with E-state index < -0.39 is 5.41 Å². The van der Waals surface area contributed by atoms with Crippen LogP contribution in [0.25, 0.3) is 11.3 Å². The number of hydrogen-bond donors (Lipinski definition) is 0. The van der Waals surface area contributed by atoms with Crippen LogP contribution in [0.2, 0.25) is 0 Å². The number of carbonyl (C=O) groups excluding carboxylic acids is 1. The Hall–Kier alpha value is -2.71. The number of rotatable bonds is 11. The predicted molar refractivity (Wildman–Crippen MR) is 147 cm³/mol. The maximum atomic E-state index is 13.8. The Morgan fingerprint density at radius 2 is 1.68 bits per heavy atom. The van der Waals surface area contributed by atoms with Crippen molar-refractivity contribution in [3.63, 3.8) is 0 Å². The van der Waals surface area contributed by atoms with Crippen LogP contribution in [0.1, 0.15) is 64.8 Å². The minimum absolute atomic E-state index is 0.202. The van der Waals surface area contributed by atoms with Crippen molar-refractivity contribution in [2.75, 3.05) is 54.2 Å². The zero-order chi connectivity index (χ0) is 27.6. The summed E-state index contributed by atoms with van der Waals surface area (Å²) in [6, 6.07) is 3.69. The van der Waals surface area contributed by atoms with E-state index in [1.807, 2.05) is 53.7 Å². The molecule has 3 rings (SSSR count). The number of ether oxygens (including phenoxy) is 4. The summed E-state index contributed by atoms with van der Waals surface area (Å²) in [5.41, 5.74) is 2.45. The molecule has 0 bridgehead atoms. The van der Waals surface area contributed by atoms with E-state index in [2.05, 4.69) is 9.88 Å². The quantitative estimate of drug-likeness (QED) is 0.398. The van der Waals surface area contributed by atoms with Crippen molar-refractivity contribution < 1.29 is 23.7 Å². The van der Waals surface area contributed by atoms with E-state index in [1.165, 1.54) is 0 Å². The van der Waals surface area contributed by atoms with Crippen molar-refractivity contribution in [3.05, 3.63) is 29.7 Å². The summed E-state index contributed by atoms with van der Waals surface area (Å²) < 4.78 is 21.9. The summed E-state index contributed by atoms with van der Waals surface area (Å²) in [4.78, 5) is 25.7. The van der Waals surface area contributed by atoms with E-state index in [-0.39, 0.29) is 11.7 Å². The van der Waals surface area contributed by atoms with Crippen LogP contribution in [-0.2, 0) is 9.53 Å². The molecule has 1 atom stereocenters. The highest BCUT2D eigenvalue weighted by Gasteiger charge is 2.35. The molecule has 1 aliphatic rings. The summed E-state index contributed by atoms with van der Waals surface area (Å²) in [5.74, 6) is 1.47. The summed E-state index contributed by atoms with van der Waals surface area (Å²) >= 11 is 0. The van der Waals surface area contributed by atoms with Gasteiger partial charge in [-0.05, 0) is 38.4 Å². The van der Waals surface area contributed by atoms with Crippen molar-refractivity contribution in [3.8, 4) is 28.5 Å². The minimum Gasteiger partial charge on any atom is -0.493 e. The summed E-state index contributed by atoms with van der Waals surface area (Å²) in [6.07, 6.45) is 3.18. The molecule has 0 spiro atoms. The van der Waals surface area contributed by atoms with Crippen LogP contribution in [0, 0.1) is 12.3 Å². The van der Waals surface area contributed by atoms with Gasteiger partial charge in [0.05, 0.1) is 63.7 Å². The Labute approximate surface area is 222 Å². The SMILES string of the molecule is CC.CCC(C(=O)C(C)(C)CCN1CCOCC1)c1nc(-c2cc(OC)c(OC)c(OC)c2)cnc1C. The van der Waals surface area contributed by atoms with Gasteiger partial charge in [0.15, 0.2) is 11.5 Å². The number of aromatic nitrogens is 2. The number of aryl methyl sites for hydroxylation is 1. The van der Waals surface area contributed by atoms with Gasteiger partial charge < -0.3 is 18.9 Å². The standard InChI is InChI=1S/C27H39N3O5.C2H6/c1-8-20(26(31)27(3,4)9-10-30-11-13-35-14-12-30)24-18(2)28-17-21(29-24)19-15-22(32-5)25(34-7)23(16-19)33-6;1-2/h15-17,20H,8-14H2,1-7H3;1-2H3. The molecule has 0 saturated carbocycles. The average molecular weight is 516 g/mol. The number of Topliss-reactive ketones (excluding diaryl/α,β-unsaturated/α-hetero) is 1. The first-order chi connectivity index (χ1) is 17.7. The third-order valence-electron chi connectivity index (χ3n) is 6.83. The van der Waals surface area contributed by atoms with Gasteiger partial charge in [0, 0.05) is 24.1 Å². The molecule has 8 heteroatoms. The van der Waals surface area contributed by atoms with Gasteiger partial charge in [0.2, 0.25) is 5.75 Å². The molecule has 1 unspecified atom stereocenters. The lowest BCUT2D eigenvalue weighted by atomic mass is 9.76. The number of carbonyl (C=O) groups is 1. The molecule has 1 aromatic heterocycles. The third kappa shape index (κ3) is 7.42. The van der Waals surface area contributed by atoms with Crippen molar-refractivity contribution in [2.45, 2.75) is 60.3 Å². The second-order valence-corrected chi connectivity index (χ2v) is 9.55. The molecule has 2 aromatic rings. The van der Waals surface area contributed by atoms with Gasteiger partial charge in [-0.1, -0.05) is 34.6 Å². The second kappa shape index (κ2) is 14.3. The molecule has 0 N–H and O–H groups in total. The molecule has 0 amide bonds. The Kier molecular flexibility index (Phi) is 11.8. The first-order valence-corrected chi connectivity index (χ1v) is 13.2. The lowest BCUT2D eigenvalue weighted by Crippen LogP contribution is -2.40. The van der Waals surface area contributed by atoms with E-state index in [9.17, 15) is 4.79 Å². The van der Waals surface area contributed by atoms with Gasteiger partial charge in [-0.2, -0.15) is 0 Å². The van der Waals surface area contributed by atoms with Gasteiger partial charge in [-0.25, -0.2) is 4.98 Å². The Balaban J connectivity index is 0.00000235. The monoisotopic (exact) mass is 515 g/mol. The average Bonchev–Trinajstić information content (AvgIpc) is 2.94. The predicted octanol–water partition coefficient (Wildman–Crippen LogP) is 5.32. The van der Waals surface area contributed by atoms with Gasteiger partial charge in [-0.15, -0.1) is 0 Å². The fourth-order valence-electron chi connectivity index (χ4n) is 4.52. The normalized spacial score (nSPS) is 14.8. The molecule has 0 radical (unpaired) electrons. The Morgan fingerprint density at radius 1 is 1.08 bits per heavy atom. The van der Waals surface area contributed by atoms with Crippen LogP contribution in [-0.4, -0.2) is 74.8 Å². The van der Waals surface area contributed by atoms with Gasteiger partial charge in [-0.3, -0.25) is 14.7 Å². The van der Waals surface area contributed by atoms with Crippen molar-refractivity contribution in [1.29, 1.82) is 0 Å². The zero-order valence-electron chi connectivity index (χ0n) is 24.1. The molecule has 1 aliphatic heterocycles. The van der Waals surface area contributed by atoms with Crippen molar-refractivity contribution in [2.24, 2.45) is 5.41 Å². The lowest BCUT2D eigenvalue weighted by molar-refractivity contribution is -0.129. The molecular weight excluding hydrogens is 470 g/mol. The lowest BCUT2D eigenvalue weighted by Gasteiger charge is -2.32. The molecule has 37 heavy (non-hydrogen) atoms. The smallest absolute Gasteiger partial charge is 0.203 e. The van der Waals surface area contributed by atoms with Crippen LogP contribution < -0.4 is 14.2 Å². The maximum absolute atomic E-state index is 13.8. The van der Waals surface area contributed by atoms with Gasteiger partial charge in [0.1, 0.15) is 5.78 Å². The van der Waals surface area contributed by atoms with Crippen LogP contribution >= 0.6 is 0 Å². The summed E-state index contributed by atoms with van der Waals surface area (Å²) in [7, 11) is 4.73. The maximum Gasteiger partial charge on any atom is 0.203 e. The van der Waals surface area contributed by atoms with E-state index in [0.29, 0.717) is 29.4 Å². The van der Waals surface area contributed by atoms with E-state index in [1.54, 1.807) is 27.5 Å². The second-order valence-electron chi connectivity index (χ2n) is 9.55. The summed E-state index contributed by atoms with van der Waals surface area (Å²) in [5, 5.41) is 0. The number of nitrogens with zero attached hydrogens (tertiary/aromatic N) is 3. The number of ketones is 1. The fourth-order valence-corrected chi connectivity index (χ4v) is 4.52. The molecule has 1 saturated heterocycles.